The molecule has 0 amide bonds. The van der Waals surface area contributed by atoms with E-state index in [1.54, 1.807) is 5.56 Å². The molecular weight excluding hydrogens is 288 g/mol. The molecular formula is C16H17BrO. The van der Waals surface area contributed by atoms with E-state index >= 15 is 0 Å². The molecule has 1 fully saturated rings. The highest BCUT2D eigenvalue weighted by molar-refractivity contribution is 9.10. The molecule has 3 aliphatic carbocycles. The van der Waals surface area contributed by atoms with E-state index < -0.39 is 0 Å². The summed E-state index contributed by atoms with van der Waals surface area (Å²) in [5.41, 5.74) is 4.89. The molecule has 2 aromatic rings. The van der Waals surface area contributed by atoms with Crippen LogP contribution in [0.25, 0.3) is 11.0 Å². The van der Waals surface area contributed by atoms with Gasteiger partial charge in [-0.3, -0.25) is 0 Å². The molecule has 1 nitrogen and oxygen atoms in total. The summed E-state index contributed by atoms with van der Waals surface area (Å²) in [5, 5.41) is 1.23. The summed E-state index contributed by atoms with van der Waals surface area (Å²) in [5.74, 6) is 0. The van der Waals surface area contributed by atoms with Gasteiger partial charge in [-0.1, -0.05) is 13.8 Å². The van der Waals surface area contributed by atoms with E-state index in [1.807, 2.05) is 6.26 Å². The molecule has 0 N–H and O–H groups in total. The van der Waals surface area contributed by atoms with Crippen molar-refractivity contribution in [2.75, 3.05) is 0 Å². The highest BCUT2D eigenvalue weighted by Crippen LogP contribution is 2.57. The van der Waals surface area contributed by atoms with Gasteiger partial charge in [-0.25, -0.2) is 0 Å². The number of benzene rings is 1. The maximum atomic E-state index is 5.65. The molecule has 5 rings (SSSR count). The van der Waals surface area contributed by atoms with Gasteiger partial charge in [0.25, 0.3) is 0 Å². The first-order chi connectivity index (χ1) is 8.52. The fourth-order valence-electron chi connectivity index (χ4n) is 3.93. The van der Waals surface area contributed by atoms with E-state index in [4.69, 9.17) is 4.42 Å². The average molecular weight is 305 g/mol. The Morgan fingerprint density at radius 2 is 1.56 bits per heavy atom. The van der Waals surface area contributed by atoms with Crippen molar-refractivity contribution in [2.24, 2.45) is 0 Å². The van der Waals surface area contributed by atoms with Crippen molar-refractivity contribution in [1.82, 2.24) is 0 Å². The Bertz CT molecular complexity index is 644. The van der Waals surface area contributed by atoms with Crippen LogP contribution in [0.3, 0.4) is 0 Å². The lowest BCUT2D eigenvalue weighted by atomic mass is 9.52. The van der Waals surface area contributed by atoms with E-state index in [2.05, 4.69) is 41.9 Å². The molecule has 1 heterocycles. The van der Waals surface area contributed by atoms with E-state index in [9.17, 15) is 0 Å². The van der Waals surface area contributed by atoms with Gasteiger partial charge in [0, 0.05) is 5.39 Å². The van der Waals surface area contributed by atoms with Gasteiger partial charge in [0.15, 0.2) is 0 Å². The predicted molar refractivity (Wildman–Crippen MR) is 77.1 cm³/mol. The largest absolute Gasteiger partial charge is 0.463 e. The number of furan rings is 1. The Kier molecular flexibility index (Phi) is 1.98. The van der Waals surface area contributed by atoms with Crippen LogP contribution in [0.5, 0.6) is 0 Å². The lowest BCUT2D eigenvalue weighted by Gasteiger charge is -2.52. The summed E-state index contributed by atoms with van der Waals surface area (Å²) in [4.78, 5) is 0. The molecule has 0 atom stereocenters. The quantitative estimate of drug-likeness (QED) is 0.644. The fourth-order valence-corrected chi connectivity index (χ4v) is 4.34. The summed E-state index contributed by atoms with van der Waals surface area (Å²) < 4.78 is 6.73. The van der Waals surface area contributed by atoms with Crippen molar-refractivity contribution in [3.8, 4) is 0 Å². The molecule has 18 heavy (non-hydrogen) atoms. The minimum atomic E-state index is 0.376. The summed E-state index contributed by atoms with van der Waals surface area (Å²) in [6, 6.07) is 4.67. The van der Waals surface area contributed by atoms with E-state index in [1.165, 1.54) is 36.6 Å². The molecule has 94 valence electrons. The molecule has 1 saturated carbocycles. The van der Waals surface area contributed by atoms with Crippen LogP contribution in [-0.2, 0) is 10.8 Å². The maximum absolute atomic E-state index is 5.65. The monoisotopic (exact) mass is 304 g/mol. The summed E-state index contributed by atoms with van der Waals surface area (Å²) >= 11 is 3.59. The number of hydrogen-bond acceptors (Lipinski definition) is 1. The lowest BCUT2D eigenvalue weighted by Crippen LogP contribution is -2.44. The second kappa shape index (κ2) is 3.22. The van der Waals surface area contributed by atoms with Gasteiger partial charge in [0.05, 0.1) is 4.47 Å². The van der Waals surface area contributed by atoms with Crippen molar-refractivity contribution < 1.29 is 4.42 Å². The van der Waals surface area contributed by atoms with Crippen LogP contribution in [0.4, 0.5) is 0 Å². The van der Waals surface area contributed by atoms with Crippen LogP contribution < -0.4 is 0 Å². The molecule has 3 aliphatic rings. The Balaban J connectivity index is 2.10. The zero-order valence-electron chi connectivity index (χ0n) is 10.8. The number of fused-ring (bicyclic) bond motifs is 3. The topological polar surface area (TPSA) is 13.1 Å². The SMILES string of the molecule is CC12CCC(C)(CC1)c1cc3c(Br)coc3cc12. The third-order valence-corrected chi connectivity index (χ3v) is 6.04. The van der Waals surface area contributed by atoms with Gasteiger partial charge in [0.2, 0.25) is 0 Å². The molecule has 0 aliphatic heterocycles. The highest BCUT2D eigenvalue weighted by Gasteiger charge is 2.47. The van der Waals surface area contributed by atoms with Crippen molar-refractivity contribution in [3.05, 3.63) is 34.0 Å². The van der Waals surface area contributed by atoms with E-state index in [0.717, 1.165) is 10.1 Å². The Hall–Kier alpha value is -0.760. The Morgan fingerprint density at radius 1 is 1.00 bits per heavy atom. The van der Waals surface area contributed by atoms with E-state index in [-0.39, 0.29) is 0 Å². The molecule has 2 heteroatoms. The number of rotatable bonds is 0. The molecule has 0 unspecified atom stereocenters. The van der Waals surface area contributed by atoms with Crippen LogP contribution in [0.15, 0.2) is 27.3 Å². The average Bonchev–Trinajstić information content (AvgIpc) is 2.73. The lowest BCUT2D eigenvalue weighted by molar-refractivity contribution is 0.188. The van der Waals surface area contributed by atoms with Gasteiger partial charge in [-0.05, 0) is 75.7 Å². The van der Waals surface area contributed by atoms with Crippen LogP contribution in [0, 0.1) is 0 Å². The van der Waals surface area contributed by atoms with Crippen molar-refractivity contribution in [3.63, 3.8) is 0 Å². The van der Waals surface area contributed by atoms with Crippen LogP contribution in [0.2, 0.25) is 0 Å². The minimum Gasteiger partial charge on any atom is -0.463 e. The van der Waals surface area contributed by atoms with Crippen molar-refractivity contribution in [2.45, 2.75) is 50.4 Å². The molecule has 2 bridgehead atoms. The fraction of sp³-hybridized carbons (Fsp3) is 0.500. The number of halogens is 1. The molecule has 0 saturated heterocycles. The molecule has 1 aromatic carbocycles. The molecule has 0 spiro atoms. The number of hydrogen-bond donors (Lipinski definition) is 0. The summed E-state index contributed by atoms with van der Waals surface area (Å²) in [6.45, 7) is 4.86. The van der Waals surface area contributed by atoms with Crippen molar-refractivity contribution in [1.29, 1.82) is 0 Å². The normalized spacial score (nSPS) is 33.9. The van der Waals surface area contributed by atoms with Gasteiger partial charge in [-0.2, -0.15) is 0 Å². The zero-order chi connectivity index (χ0) is 12.5. The van der Waals surface area contributed by atoms with Gasteiger partial charge in [-0.15, -0.1) is 0 Å². The van der Waals surface area contributed by atoms with Gasteiger partial charge in [0.1, 0.15) is 11.8 Å². The Morgan fingerprint density at radius 3 is 2.17 bits per heavy atom. The maximum Gasteiger partial charge on any atom is 0.135 e. The van der Waals surface area contributed by atoms with Crippen molar-refractivity contribution >= 4 is 26.9 Å². The zero-order valence-corrected chi connectivity index (χ0v) is 12.4. The Labute approximate surface area is 116 Å². The first-order valence-electron chi connectivity index (χ1n) is 6.74. The first-order valence-corrected chi connectivity index (χ1v) is 7.53. The second-order valence-electron chi connectivity index (χ2n) is 6.60. The smallest absolute Gasteiger partial charge is 0.135 e. The molecule has 0 radical (unpaired) electrons. The first kappa shape index (κ1) is 11.1. The predicted octanol–water partition coefficient (Wildman–Crippen LogP) is 5.30. The second-order valence-corrected chi connectivity index (χ2v) is 7.45. The van der Waals surface area contributed by atoms with Crippen LogP contribution in [0.1, 0.15) is 50.7 Å². The summed E-state index contributed by atoms with van der Waals surface area (Å²) in [7, 11) is 0. The third kappa shape index (κ3) is 1.22. The van der Waals surface area contributed by atoms with Gasteiger partial charge >= 0.3 is 0 Å². The minimum absolute atomic E-state index is 0.376. The van der Waals surface area contributed by atoms with Crippen LogP contribution >= 0.6 is 15.9 Å². The summed E-state index contributed by atoms with van der Waals surface area (Å²) in [6.07, 6.45) is 7.12. The van der Waals surface area contributed by atoms with Gasteiger partial charge < -0.3 is 4.42 Å². The van der Waals surface area contributed by atoms with E-state index in [0.29, 0.717) is 10.8 Å². The standard InChI is InChI=1S/C16H17BrO/c1-15-3-5-16(2,6-4-15)12-8-14-10(7-11(12)15)13(17)9-18-14/h7-9H,3-6H2,1-2H3. The third-order valence-electron chi connectivity index (χ3n) is 5.42. The molecule has 1 aromatic heterocycles. The van der Waals surface area contributed by atoms with Crippen LogP contribution in [-0.4, -0.2) is 0 Å². The highest BCUT2D eigenvalue weighted by atomic mass is 79.9.